The van der Waals surface area contributed by atoms with Gasteiger partial charge in [0, 0.05) is 11.2 Å². The Morgan fingerprint density at radius 1 is 0.846 bits per heavy atom. The van der Waals surface area contributed by atoms with Crippen LogP contribution in [0.4, 0.5) is 11.4 Å². The second kappa shape index (κ2) is 5.16. The maximum absolute atomic E-state index is 12.9. The summed E-state index contributed by atoms with van der Waals surface area (Å²) in [4.78, 5) is 53.9. The van der Waals surface area contributed by atoms with E-state index in [0.717, 1.165) is 4.90 Å². The van der Waals surface area contributed by atoms with Crippen molar-refractivity contribution in [1.82, 2.24) is 4.90 Å². The van der Waals surface area contributed by atoms with Gasteiger partial charge in [0.25, 0.3) is 0 Å². The number of nitrogen functional groups attached to an aromatic ring is 1. The average molecular weight is 355 g/mol. The molecule has 0 bridgehead atoms. The zero-order valence-electron chi connectivity index (χ0n) is 14.9. The lowest BCUT2D eigenvalue weighted by Gasteiger charge is -2.36. The first-order valence-electron chi connectivity index (χ1n) is 8.82. The van der Waals surface area contributed by atoms with E-state index in [4.69, 9.17) is 5.73 Å². The van der Waals surface area contributed by atoms with Crippen molar-refractivity contribution in [3.63, 3.8) is 0 Å². The molecule has 7 heteroatoms. The van der Waals surface area contributed by atoms with Crippen LogP contribution in [0, 0.1) is 23.7 Å². The molecule has 3 aliphatic rings. The van der Waals surface area contributed by atoms with Crippen LogP contribution in [0.2, 0.25) is 0 Å². The third-order valence-electron chi connectivity index (χ3n) is 6.19. The molecule has 4 rings (SSSR count). The van der Waals surface area contributed by atoms with Gasteiger partial charge in [-0.15, -0.1) is 0 Å². The number of carbonyl (C=O) groups is 4. The topological polar surface area (TPSA) is 101 Å². The molecule has 0 radical (unpaired) electrons. The molecule has 2 heterocycles. The third kappa shape index (κ3) is 1.88. The van der Waals surface area contributed by atoms with Crippen molar-refractivity contribution in [2.75, 3.05) is 10.6 Å². The molecule has 26 heavy (non-hydrogen) atoms. The predicted molar refractivity (Wildman–Crippen MR) is 93.5 cm³/mol. The van der Waals surface area contributed by atoms with E-state index in [9.17, 15) is 19.2 Å². The summed E-state index contributed by atoms with van der Waals surface area (Å²) in [6.45, 7) is 5.56. The SMILES string of the molecule is CCC(C)(C)N1C(=O)C2C3C(=O)N(c4ccc(N)cc4)C(=O)C3C2C1=O. The van der Waals surface area contributed by atoms with E-state index in [-0.39, 0.29) is 11.8 Å². The molecule has 1 aromatic carbocycles. The summed E-state index contributed by atoms with van der Waals surface area (Å²) in [5.74, 6) is -4.35. The van der Waals surface area contributed by atoms with Crippen LogP contribution in [0.3, 0.4) is 0 Å². The standard InChI is InChI=1S/C19H21N3O4/c1-4-19(2,3)22-17(25)13-11-12(14(13)18(22)26)16(24)21(15(11)23)10-7-5-9(20)6-8-10/h5-8,11-14H,4,20H2,1-3H3. The van der Waals surface area contributed by atoms with Crippen molar-refractivity contribution in [1.29, 1.82) is 0 Å². The third-order valence-corrected chi connectivity index (χ3v) is 6.19. The van der Waals surface area contributed by atoms with Crippen molar-refractivity contribution >= 4 is 35.0 Å². The number of hydrogen-bond donors (Lipinski definition) is 1. The molecular formula is C19H21N3O4. The number of benzene rings is 1. The van der Waals surface area contributed by atoms with Crippen LogP contribution in [0.5, 0.6) is 0 Å². The molecule has 136 valence electrons. The minimum absolute atomic E-state index is 0.326. The minimum atomic E-state index is -0.737. The van der Waals surface area contributed by atoms with Crippen LogP contribution in [-0.4, -0.2) is 34.1 Å². The van der Waals surface area contributed by atoms with Crippen molar-refractivity contribution in [3.8, 4) is 0 Å². The van der Waals surface area contributed by atoms with E-state index >= 15 is 0 Å². The van der Waals surface area contributed by atoms with E-state index in [2.05, 4.69) is 0 Å². The van der Waals surface area contributed by atoms with Gasteiger partial charge in [0.2, 0.25) is 23.6 Å². The highest BCUT2D eigenvalue weighted by molar-refractivity contribution is 6.27. The zero-order valence-corrected chi connectivity index (χ0v) is 14.9. The number of imide groups is 2. The van der Waals surface area contributed by atoms with Gasteiger partial charge in [-0.1, -0.05) is 6.92 Å². The molecule has 2 aliphatic heterocycles. The van der Waals surface area contributed by atoms with Gasteiger partial charge in [-0.2, -0.15) is 0 Å². The summed E-state index contributed by atoms with van der Waals surface area (Å²) in [5.41, 5.74) is 5.98. The Balaban J connectivity index is 1.68. The van der Waals surface area contributed by atoms with Gasteiger partial charge in [0.15, 0.2) is 0 Å². The average Bonchev–Trinajstić information content (AvgIpc) is 2.88. The van der Waals surface area contributed by atoms with E-state index in [1.54, 1.807) is 24.3 Å². The molecule has 4 amide bonds. The molecule has 1 aliphatic carbocycles. The van der Waals surface area contributed by atoms with Gasteiger partial charge in [-0.05, 0) is 44.5 Å². The Labute approximate surface area is 151 Å². The minimum Gasteiger partial charge on any atom is -0.399 e. The Bertz CT molecular complexity index is 805. The maximum atomic E-state index is 12.9. The van der Waals surface area contributed by atoms with E-state index in [0.29, 0.717) is 17.8 Å². The number of carbonyl (C=O) groups excluding carboxylic acids is 4. The van der Waals surface area contributed by atoms with E-state index < -0.39 is 41.0 Å². The summed E-state index contributed by atoms with van der Waals surface area (Å²) < 4.78 is 0. The van der Waals surface area contributed by atoms with E-state index in [1.807, 2.05) is 20.8 Å². The molecule has 1 aromatic rings. The molecule has 0 aromatic heterocycles. The Hall–Kier alpha value is -2.70. The lowest BCUT2D eigenvalue weighted by Crippen LogP contribution is -2.50. The monoisotopic (exact) mass is 355 g/mol. The van der Waals surface area contributed by atoms with Crippen LogP contribution in [0.15, 0.2) is 24.3 Å². The number of likely N-dealkylation sites (tertiary alicyclic amines) is 1. The fraction of sp³-hybridized carbons (Fsp3) is 0.474. The second-order valence-electron chi connectivity index (χ2n) is 7.88. The van der Waals surface area contributed by atoms with E-state index in [1.165, 1.54) is 4.90 Å². The normalized spacial score (nSPS) is 30.6. The first-order valence-corrected chi connectivity index (χ1v) is 8.82. The number of amides is 4. The fourth-order valence-electron chi connectivity index (χ4n) is 4.42. The molecule has 1 saturated carbocycles. The highest BCUT2D eigenvalue weighted by atomic mass is 16.2. The molecule has 4 unspecified atom stereocenters. The zero-order chi connectivity index (χ0) is 19.0. The number of hydrogen-bond acceptors (Lipinski definition) is 5. The highest BCUT2D eigenvalue weighted by Gasteiger charge is 2.74. The Morgan fingerprint density at radius 3 is 1.69 bits per heavy atom. The van der Waals surface area contributed by atoms with Crippen molar-refractivity contribution in [2.24, 2.45) is 23.7 Å². The largest absolute Gasteiger partial charge is 0.399 e. The number of anilines is 2. The number of fused-ring (bicyclic) bond motifs is 4. The smallest absolute Gasteiger partial charge is 0.238 e. The molecular weight excluding hydrogens is 334 g/mol. The molecule has 4 atom stereocenters. The summed E-state index contributed by atoms with van der Waals surface area (Å²) in [5, 5.41) is 0. The predicted octanol–water partition coefficient (Wildman–Crippen LogP) is 1.18. The van der Waals surface area contributed by atoms with Gasteiger partial charge in [-0.25, -0.2) is 0 Å². The molecule has 7 nitrogen and oxygen atoms in total. The Morgan fingerprint density at radius 2 is 1.27 bits per heavy atom. The van der Waals surface area contributed by atoms with Gasteiger partial charge in [0.1, 0.15) is 0 Å². The van der Waals surface area contributed by atoms with Crippen LogP contribution in [0.25, 0.3) is 0 Å². The van der Waals surface area contributed by atoms with Gasteiger partial charge in [0.05, 0.1) is 29.4 Å². The summed E-state index contributed by atoms with van der Waals surface area (Å²) in [6.07, 6.45) is 0.610. The van der Waals surface area contributed by atoms with Crippen LogP contribution >= 0.6 is 0 Å². The first-order chi connectivity index (χ1) is 12.2. The van der Waals surface area contributed by atoms with Gasteiger partial charge >= 0.3 is 0 Å². The summed E-state index contributed by atoms with van der Waals surface area (Å²) >= 11 is 0. The van der Waals surface area contributed by atoms with Crippen LogP contribution < -0.4 is 10.6 Å². The van der Waals surface area contributed by atoms with Gasteiger partial charge in [-0.3, -0.25) is 29.0 Å². The summed E-state index contributed by atoms with van der Waals surface area (Å²) in [7, 11) is 0. The Kier molecular flexibility index (Phi) is 3.32. The molecule has 3 fully saturated rings. The number of rotatable bonds is 3. The second-order valence-corrected chi connectivity index (χ2v) is 7.88. The van der Waals surface area contributed by atoms with Crippen molar-refractivity contribution in [3.05, 3.63) is 24.3 Å². The fourth-order valence-corrected chi connectivity index (χ4v) is 4.42. The quantitative estimate of drug-likeness (QED) is 0.648. The highest BCUT2D eigenvalue weighted by Crippen LogP contribution is 2.58. The number of nitrogens with zero attached hydrogens (tertiary/aromatic N) is 2. The van der Waals surface area contributed by atoms with Crippen molar-refractivity contribution < 1.29 is 19.2 Å². The first kappa shape index (κ1) is 16.8. The van der Waals surface area contributed by atoms with Crippen molar-refractivity contribution in [2.45, 2.75) is 32.7 Å². The van der Waals surface area contributed by atoms with Crippen LogP contribution in [0.1, 0.15) is 27.2 Å². The summed E-state index contributed by atoms with van der Waals surface area (Å²) in [6, 6.07) is 6.42. The lowest BCUT2D eigenvalue weighted by atomic mass is 9.59. The lowest BCUT2D eigenvalue weighted by molar-refractivity contribution is -0.146. The number of nitrogens with two attached hydrogens (primary N) is 1. The molecule has 2 N–H and O–H groups in total. The molecule has 2 saturated heterocycles. The van der Waals surface area contributed by atoms with Crippen LogP contribution in [-0.2, 0) is 19.2 Å². The van der Waals surface area contributed by atoms with Gasteiger partial charge < -0.3 is 5.73 Å². The molecule has 0 spiro atoms. The maximum Gasteiger partial charge on any atom is 0.238 e.